The van der Waals surface area contributed by atoms with Crippen molar-refractivity contribution in [3.63, 3.8) is 0 Å². The number of hydrogen-bond donors (Lipinski definition) is 1. The zero-order valence-corrected chi connectivity index (χ0v) is 14.5. The monoisotopic (exact) mass is 349 g/mol. The molecule has 0 atom stereocenters. The Morgan fingerprint density at radius 3 is 2.80 bits per heavy atom. The van der Waals surface area contributed by atoms with Gasteiger partial charge in [0.15, 0.2) is 0 Å². The van der Waals surface area contributed by atoms with Gasteiger partial charge in [-0.25, -0.2) is 0 Å². The van der Waals surface area contributed by atoms with Crippen molar-refractivity contribution in [3.8, 4) is 10.6 Å². The molecule has 4 aromatic rings. The zero-order chi connectivity index (χ0) is 17.4. The lowest BCUT2D eigenvalue weighted by Gasteiger charge is -2.08. The molecule has 0 bridgehead atoms. The fraction of sp³-hybridized carbons (Fsp3) is 0.111. The van der Waals surface area contributed by atoms with E-state index in [4.69, 9.17) is 0 Å². The minimum Gasteiger partial charge on any atom is -0.322 e. The first-order valence-electron chi connectivity index (χ1n) is 7.76. The molecule has 2 aromatic heterocycles. The molecule has 0 fully saturated rings. The second-order valence-electron chi connectivity index (χ2n) is 5.80. The molecular weight excluding hydrogens is 334 g/mol. The predicted molar refractivity (Wildman–Crippen MR) is 98.0 cm³/mol. The van der Waals surface area contributed by atoms with Crippen LogP contribution in [0.5, 0.6) is 0 Å². The summed E-state index contributed by atoms with van der Waals surface area (Å²) in [5, 5.41) is 16.0. The molecule has 25 heavy (non-hydrogen) atoms. The summed E-state index contributed by atoms with van der Waals surface area (Å²) < 4.78 is 1.64. The lowest BCUT2D eigenvalue weighted by molar-refractivity contribution is 0.102. The Kier molecular flexibility index (Phi) is 3.77. The van der Waals surface area contributed by atoms with Gasteiger partial charge >= 0.3 is 0 Å². The van der Waals surface area contributed by atoms with Gasteiger partial charge in [0.1, 0.15) is 11.3 Å². The highest BCUT2D eigenvalue weighted by Gasteiger charge is 2.11. The van der Waals surface area contributed by atoms with Gasteiger partial charge in [0.2, 0.25) is 4.96 Å². The van der Waals surface area contributed by atoms with Crippen molar-refractivity contribution in [1.29, 1.82) is 0 Å². The number of amides is 1. The summed E-state index contributed by atoms with van der Waals surface area (Å²) in [6, 6.07) is 13.3. The Bertz CT molecular complexity index is 1050. The van der Waals surface area contributed by atoms with Crippen LogP contribution < -0.4 is 5.32 Å². The summed E-state index contributed by atoms with van der Waals surface area (Å²) in [6.45, 7) is 4.03. The Morgan fingerprint density at radius 2 is 2.00 bits per heavy atom. The Balaban J connectivity index is 1.59. The average molecular weight is 349 g/mol. The number of aryl methyl sites for hydroxylation is 2. The van der Waals surface area contributed by atoms with Crippen molar-refractivity contribution in [1.82, 2.24) is 19.8 Å². The number of rotatable bonds is 3. The Hall–Kier alpha value is -3.06. The van der Waals surface area contributed by atoms with E-state index in [1.54, 1.807) is 10.8 Å². The van der Waals surface area contributed by atoms with Crippen LogP contribution in [0.2, 0.25) is 0 Å². The van der Waals surface area contributed by atoms with Crippen molar-refractivity contribution in [3.05, 3.63) is 65.5 Å². The normalized spacial score (nSPS) is 11.0. The van der Waals surface area contributed by atoms with Crippen LogP contribution in [0.1, 0.15) is 21.5 Å². The number of fused-ring (bicyclic) bond motifs is 1. The fourth-order valence-corrected chi connectivity index (χ4v) is 3.31. The van der Waals surface area contributed by atoms with Gasteiger partial charge in [-0.05, 0) is 49.2 Å². The van der Waals surface area contributed by atoms with Crippen LogP contribution in [-0.4, -0.2) is 25.7 Å². The summed E-state index contributed by atoms with van der Waals surface area (Å²) in [5.74, 6) is -0.126. The fourth-order valence-electron chi connectivity index (χ4n) is 2.49. The van der Waals surface area contributed by atoms with E-state index in [9.17, 15) is 4.79 Å². The first kappa shape index (κ1) is 15.5. The smallest absolute Gasteiger partial charge is 0.255 e. The van der Waals surface area contributed by atoms with Crippen molar-refractivity contribution in [2.75, 3.05) is 5.32 Å². The van der Waals surface area contributed by atoms with Gasteiger partial charge in [-0.3, -0.25) is 4.79 Å². The van der Waals surface area contributed by atoms with Crippen molar-refractivity contribution in [2.24, 2.45) is 0 Å². The lowest BCUT2D eigenvalue weighted by atomic mass is 10.1. The number of hydrogen-bond acceptors (Lipinski definition) is 5. The number of nitrogens with one attached hydrogen (secondary N) is 1. The van der Waals surface area contributed by atoms with Gasteiger partial charge in [0.25, 0.3) is 5.91 Å². The molecule has 0 aliphatic rings. The second kappa shape index (κ2) is 6.10. The molecule has 0 radical (unpaired) electrons. The molecule has 1 N–H and O–H groups in total. The van der Waals surface area contributed by atoms with Crippen LogP contribution in [0.3, 0.4) is 0 Å². The van der Waals surface area contributed by atoms with Gasteiger partial charge in [0, 0.05) is 16.8 Å². The van der Waals surface area contributed by atoms with Crippen LogP contribution in [0.15, 0.2) is 48.8 Å². The number of anilines is 1. The molecule has 0 spiro atoms. The lowest BCUT2D eigenvalue weighted by Crippen LogP contribution is -2.12. The third kappa shape index (κ3) is 3.01. The number of carbonyl (C=O) groups excluding carboxylic acids is 1. The molecule has 124 valence electrons. The molecule has 0 aliphatic heterocycles. The van der Waals surface area contributed by atoms with E-state index in [-0.39, 0.29) is 5.91 Å². The van der Waals surface area contributed by atoms with E-state index in [1.807, 2.05) is 56.3 Å². The molecular formula is C18H15N5OS. The summed E-state index contributed by atoms with van der Waals surface area (Å²) in [4.78, 5) is 13.2. The third-order valence-corrected chi connectivity index (χ3v) is 4.99. The van der Waals surface area contributed by atoms with Gasteiger partial charge in [-0.2, -0.15) is 9.61 Å². The van der Waals surface area contributed by atoms with Gasteiger partial charge in [-0.1, -0.05) is 29.5 Å². The highest BCUT2D eigenvalue weighted by Crippen LogP contribution is 2.27. The number of aromatic nitrogens is 4. The Morgan fingerprint density at radius 1 is 1.12 bits per heavy atom. The highest BCUT2D eigenvalue weighted by atomic mass is 32.1. The maximum absolute atomic E-state index is 12.5. The molecule has 2 heterocycles. The number of benzene rings is 2. The van der Waals surface area contributed by atoms with Crippen LogP contribution in [-0.2, 0) is 0 Å². The first-order chi connectivity index (χ1) is 12.1. The van der Waals surface area contributed by atoms with Crippen LogP contribution in [0.25, 0.3) is 15.5 Å². The topological polar surface area (TPSA) is 72.2 Å². The van der Waals surface area contributed by atoms with E-state index in [0.717, 1.165) is 26.8 Å². The van der Waals surface area contributed by atoms with Crippen molar-refractivity contribution < 1.29 is 4.79 Å². The van der Waals surface area contributed by atoms with Gasteiger partial charge in [0.05, 0.1) is 0 Å². The largest absolute Gasteiger partial charge is 0.322 e. The van der Waals surface area contributed by atoms with Gasteiger partial charge < -0.3 is 5.32 Å². The summed E-state index contributed by atoms with van der Waals surface area (Å²) in [6.07, 6.45) is 1.57. The van der Waals surface area contributed by atoms with E-state index in [1.165, 1.54) is 16.9 Å². The molecule has 1 amide bonds. The van der Waals surface area contributed by atoms with E-state index < -0.39 is 0 Å². The summed E-state index contributed by atoms with van der Waals surface area (Å²) in [5.41, 5.74) is 4.57. The van der Waals surface area contributed by atoms with Crippen molar-refractivity contribution in [2.45, 2.75) is 13.8 Å². The summed E-state index contributed by atoms with van der Waals surface area (Å²) >= 11 is 1.45. The van der Waals surface area contributed by atoms with Crippen LogP contribution in [0, 0.1) is 13.8 Å². The molecule has 7 heteroatoms. The number of nitrogens with zero attached hydrogens (tertiary/aromatic N) is 4. The number of carbonyl (C=O) groups is 1. The minimum atomic E-state index is -0.126. The standard InChI is InChI=1S/C18H15N5OS/c1-11-6-7-13(8-12(11)2)16(24)20-15-5-3-4-14(9-15)17-22-23-10-19-21-18(23)25-17/h3-10H,1-2H3,(H,20,24). The van der Waals surface area contributed by atoms with E-state index in [0.29, 0.717) is 5.56 Å². The molecule has 4 rings (SSSR count). The highest BCUT2D eigenvalue weighted by molar-refractivity contribution is 7.19. The van der Waals surface area contributed by atoms with E-state index in [2.05, 4.69) is 20.6 Å². The maximum atomic E-state index is 12.5. The average Bonchev–Trinajstić information content (AvgIpc) is 3.19. The molecule has 0 unspecified atom stereocenters. The summed E-state index contributed by atoms with van der Waals surface area (Å²) in [7, 11) is 0. The minimum absolute atomic E-state index is 0.126. The third-order valence-electron chi connectivity index (χ3n) is 4.02. The zero-order valence-electron chi connectivity index (χ0n) is 13.7. The van der Waals surface area contributed by atoms with Gasteiger partial charge in [-0.15, -0.1) is 10.2 Å². The first-order valence-corrected chi connectivity index (χ1v) is 8.58. The predicted octanol–water partition coefficient (Wildman–Crippen LogP) is 3.72. The molecule has 0 saturated heterocycles. The molecule has 6 nitrogen and oxygen atoms in total. The molecule has 0 saturated carbocycles. The maximum Gasteiger partial charge on any atom is 0.255 e. The van der Waals surface area contributed by atoms with Crippen LogP contribution >= 0.6 is 11.3 Å². The molecule has 0 aliphatic carbocycles. The van der Waals surface area contributed by atoms with E-state index >= 15 is 0 Å². The molecule has 2 aromatic carbocycles. The quantitative estimate of drug-likeness (QED) is 0.612. The van der Waals surface area contributed by atoms with Crippen molar-refractivity contribution >= 4 is 27.9 Å². The second-order valence-corrected chi connectivity index (χ2v) is 6.76. The Labute approximate surface area is 148 Å². The van der Waals surface area contributed by atoms with Crippen LogP contribution in [0.4, 0.5) is 5.69 Å². The SMILES string of the molecule is Cc1ccc(C(=O)Nc2cccc(-c3nn4cnnc4s3)c2)cc1C.